The fourth-order valence-corrected chi connectivity index (χ4v) is 3.02. The molecule has 0 fully saturated rings. The first kappa shape index (κ1) is 18.6. The van der Waals surface area contributed by atoms with Gasteiger partial charge < -0.3 is 19.2 Å². The van der Waals surface area contributed by atoms with E-state index in [1.54, 1.807) is 37.4 Å². The van der Waals surface area contributed by atoms with E-state index in [2.05, 4.69) is 10.3 Å². The summed E-state index contributed by atoms with van der Waals surface area (Å²) < 4.78 is 16.7. The first-order valence-corrected chi connectivity index (χ1v) is 9.26. The van der Waals surface area contributed by atoms with Crippen LogP contribution in [0.5, 0.6) is 11.5 Å². The molecule has 4 aromatic rings. The Balaban J connectivity index is 1.65. The Bertz CT molecular complexity index is 1130. The van der Waals surface area contributed by atoms with Gasteiger partial charge in [0.05, 0.1) is 19.4 Å². The number of hydrogen-bond acceptors (Lipinski definition) is 5. The molecule has 3 aromatic carbocycles. The average Bonchev–Trinajstić information content (AvgIpc) is 3.18. The predicted molar refractivity (Wildman–Crippen MR) is 112 cm³/mol. The summed E-state index contributed by atoms with van der Waals surface area (Å²) in [6.07, 6.45) is 0. The van der Waals surface area contributed by atoms with Crippen LogP contribution in [-0.4, -0.2) is 24.6 Å². The molecule has 0 unspecified atom stereocenters. The molecule has 1 aromatic heterocycles. The lowest BCUT2D eigenvalue weighted by Gasteiger charge is -2.12. The lowest BCUT2D eigenvalue weighted by atomic mass is 10.1. The van der Waals surface area contributed by atoms with E-state index in [1.807, 2.05) is 43.3 Å². The highest BCUT2D eigenvalue weighted by molar-refractivity contribution is 6.05. The normalized spacial score (nSPS) is 10.7. The topological polar surface area (TPSA) is 73.6 Å². The molecule has 1 N–H and O–H groups in total. The molecule has 0 saturated heterocycles. The number of aromatic nitrogens is 1. The summed E-state index contributed by atoms with van der Waals surface area (Å²) in [5.74, 6) is 1.40. The highest BCUT2D eigenvalue weighted by Gasteiger charge is 2.14. The van der Waals surface area contributed by atoms with Gasteiger partial charge in [-0.05, 0) is 55.5 Å². The molecule has 0 bridgehead atoms. The molecular weight excluding hydrogens is 368 g/mol. The fraction of sp³-hybridized carbons (Fsp3) is 0.130. The minimum Gasteiger partial charge on any atom is -0.495 e. The Labute approximate surface area is 168 Å². The van der Waals surface area contributed by atoms with Gasteiger partial charge in [-0.2, -0.15) is 0 Å². The van der Waals surface area contributed by atoms with E-state index in [1.165, 1.54) is 0 Å². The number of oxazole rings is 1. The third kappa shape index (κ3) is 3.91. The maximum Gasteiger partial charge on any atom is 0.255 e. The third-order valence-electron chi connectivity index (χ3n) is 4.40. The number of methoxy groups -OCH3 is 1. The summed E-state index contributed by atoms with van der Waals surface area (Å²) in [7, 11) is 1.56. The number of rotatable bonds is 6. The number of ether oxygens (including phenoxy) is 2. The minimum absolute atomic E-state index is 0.264. The number of nitrogens with zero attached hydrogens (tertiary/aromatic N) is 1. The summed E-state index contributed by atoms with van der Waals surface area (Å²) in [4.78, 5) is 17.3. The molecule has 6 nitrogen and oxygen atoms in total. The zero-order valence-corrected chi connectivity index (χ0v) is 16.1. The molecule has 1 heterocycles. The zero-order valence-electron chi connectivity index (χ0n) is 16.1. The van der Waals surface area contributed by atoms with Crippen molar-refractivity contribution < 1.29 is 18.7 Å². The highest BCUT2D eigenvalue weighted by Crippen LogP contribution is 2.32. The number of nitrogens with one attached hydrogen (secondary N) is 1. The molecule has 6 heteroatoms. The third-order valence-corrected chi connectivity index (χ3v) is 4.40. The number of amides is 1. The van der Waals surface area contributed by atoms with Crippen molar-refractivity contribution in [3.8, 4) is 23.0 Å². The summed E-state index contributed by atoms with van der Waals surface area (Å²) in [5, 5.41) is 2.90. The minimum atomic E-state index is -0.264. The molecular formula is C23H20N2O4. The number of fused-ring (bicyclic) bond motifs is 1. The van der Waals surface area contributed by atoms with Gasteiger partial charge in [-0.15, -0.1) is 0 Å². The van der Waals surface area contributed by atoms with Crippen LogP contribution >= 0.6 is 0 Å². The number of carbonyl (C=O) groups excluding carboxylic acids is 1. The van der Waals surface area contributed by atoms with E-state index in [-0.39, 0.29) is 5.91 Å². The Kier molecular flexibility index (Phi) is 5.16. The van der Waals surface area contributed by atoms with Crippen molar-refractivity contribution in [3.63, 3.8) is 0 Å². The van der Waals surface area contributed by atoms with Gasteiger partial charge in [0.25, 0.3) is 5.91 Å². The van der Waals surface area contributed by atoms with Gasteiger partial charge in [0.2, 0.25) is 5.89 Å². The predicted octanol–water partition coefficient (Wildman–Crippen LogP) is 5.15. The standard InChI is InChI=1S/C23H20N2O4/c1-3-28-17-8-6-7-15(13-17)22(26)24-19-14-16(11-12-20(19)27-2)23-25-18-9-4-5-10-21(18)29-23/h4-14H,3H2,1-2H3,(H,24,26). The maximum atomic E-state index is 12.8. The highest BCUT2D eigenvalue weighted by atomic mass is 16.5. The van der Waals surface area contributed by atoms with Crippen LogP contribution < -0.4 is 14.8 Å². The van der Waals surface area contributed by atoms with E-state index in [0.29, 0.717) is 40.8 Å². The number of para-hydroxylation sites is 2. The van der Waals surface area contributed by atoms with Crippen molar-refractivity contribution in [2.45, 2.75) is 6.92 Å². The van der Waals surface area contributed by atoms with Crippen LogP contribution in [0.2, 0.25) is 0 Å². The van der Waals surface area contributed by atoms with E-state index >= 15 is 0 Å². The van der Waals surface area contributed by atoms with Crippen LogP contribution in [0, 0.1) is 0 Å². The number of carbonyl (C=O) groups is 1. The second kappa shape index (κ2) is 8.06. The molecule has 4 rings (SSSR count). The SMILES string of the molecule is CCOc1cccc(C(=O)Nc2cc(-c3nc4ccccc4o3)ccc2OC)c1. The van der Waals surface area contributed by atoms with Gasteiger partial charge in [0.15, 0.2) is 5.58 Å². The fourth-order valence-electron chi connectivity index (χ4n) is 3.02. The van der Waals surface area contributed by atoms with Crippen LogP contribution in [0.15, 0.2) is 71.1 Å². The van der Waals surface area contributed by atoms with Crippen molar-refractivity contribution in [1.29, 1.82) is 0 Å². The van der Waals surface area contributed by atoms with E-state index in [9.17, 15) is 4.79 Å². The quantitative estimate of drug-likeness (QED) is 0.494. The first-order valence-electron chi connectivity index (χ1n) is 9.26. The van der Waals surface area contributed by atoms with Crippen LogP contribution in [0.4, 0.5) is 5.69 Å². The second-order valence-corrected chi connectivity index (χ2v) is 6.32. The molecule has 0 aliphatic heterocycles. The molecule has 0 spiro atoms. The van der Waals surface area contributed by atoms with Crippen molar-refractivity contribution in [1.82, 2.24) is 4.98 Å². The van der Waals surface area contributed by atoms with Crippen molar-refractivity contribution in [2.24, 2.45) is 0 Å². The van der Waals surface area contributed by atoms with Crippen LogP contribution in [0.25, 0.3) is 22.6 Å². The Morgan fingerprint density at radius 2 is 1.93 bits per heavy atom. The van der Waals surface area contributed by atoms with Gasteiger partial charge in [0.1, 0.15) is 17.0 Å². The molecule has 0 aliphatic rings. The number of benzene rings is 3. The average molecular weight is 388 g/mol. The molecule has 146 valence electrons. The number of hydrogen-bond donors (Lipinski definition) is 1. The first-order chi connectivity index (χ1) is 14.2. The summed E-state index contributed by atoms with van der Waals surface area (Å²) >= 11 is 0. The Hall–Kier alpha value is -3.80. The van der Waals surface area contributed by atoms with Crippen LogP contribution in [0.1, 0.15) is 17.3 Å². The van der Waals surface area contributed by atoms with Gasteiger partial charge in [-0.3, -0.25) is 4.79 Å². The molecule has 0 radical (unpaired) electrons. The Morgan fingerprint density at radius 3 is 2.72 bits per heavy atom. The van der Waals surface area contributed by atoms with Gasteiger partial charge in [0, 0.05) is 11.1 Å². The van der Waals surface area contributed by atoms with Crippen molar-refractivity contribution in [2.75, 3.05) is 19.0 Å². The van der Waals surface area contributed by atoms with Crippen molar-refractivity contribution >= 4 is 22.7 Å². The molecule has 1 amide bonds. The van der Waals surface area contributed by atoms with Gasteiger partial charge in [-0.25, -0.2) is 4.98 Å². The molecule has 0 atom stereocenters. The molecule has 0 aliphatic carbocycles. The molecule has 29 heavy (non-hydrogen) atoms. The van der Waals surface area contributed by atoms with Crippen molar-refractivity contribution in [3.05, 3.63) is 72.3 Å². The zero-order chi connectivity index (χ0) is 20.2. The van der Waals surface area contributed by atoms with Gasteiger partial charge in [-0.1, -0.05) is 18.2 Å². The smallest absolute Gasteiger partial charge is 0.255 e. The van der Waals surface area contributed by atoms with E-state index in [4.69, 9.17) is 13.9 Å². The van der Waals surface area contributed by atoms with E-state index in [0.717, 1.165) is 11.1 Å². The largest absolute Gasteiger partial charge is 0.495 e. The maximum absolute atomic E-state index is 12.8. The number of anilines is 1. The second-order valence-electron chi connectivity index (χ2n) is 6.32. The summed E-state index contributed by atoms with van der Waals surface area (Å²) in [6.45, 7) is 2.43. The lowest BCUT2D eigenvalue weighted by Crippen LogP contribution is -2.13. The monoisotopic (exact) mass is 388 g/mol. The molecule has 0 saturated carbocycles. The van der Waals surface area contributed by atoms with E-state index < -0.39 is 0 Å². The Morgan fingerprint density at radius 1 is 1.07 bits per heavy atom. The summed E-state index contributed by atoms with van der Waals surface area (Å²) in [6, 6.07) is 20.0. The summed E-state index contributed by atoms with van der Waals surface area (Å²) in [5.41, 5.74) is 3.23. The lowest BCUT2D eigenvalue weighted by molar-refractivity contribution is 0.102. The van der Waals surface area contributed by atoms with Crippen LogP contribution in [0.3, 0.4) is 0 Å². The van der Waals surface area contributed by atoms with Crippen LogP contribution in [-0.2, 0) is 0 Å². The van der Waals surface area contributed by atoms with Gasteiger partial charge >= 0.3 is 0 Å².